The molecule has 64 heteroatoms. The Labute approximate surface area is 792 Å². The van der Waals surface area contributed by atoms with Crippen LogP contribution in [0.15, 0.2) is 12.4 Å². The number of ether oxygens (including phenoxy) is 24. The van der Waals surface area contributed by atoms with Crippen LogP contribution in [0.3, 0.4) is 0 Å². The van der Waals surface area contributed by atoms with Crippen molar-refractivity contribution in [1.29, 1.82) is 0 Å². The van der Waals surface area contributed by atoms with Crippen LogP contribution in [0, 0.1) is 0 Å². The van der Waals surface area contributed by atoms with E-state index in [2.05, 4.69) is 20.6 Å². The Morgan fingerprint density at radius 3 is 0.397 bits per heavy atom. The summed E-state index contributed by atoms with van der Waals surface area (Å²) in [5, 5.41) is 405. The summed E-state index contributed by atoms with van der Waals surface area (Å²) in [6, 6.07) is 0. The Morgan fingerprint density at radius 1 is 0.163 bits per heavy atom. The second-order valence-corrected chi connectivity index (χ2v) is 36.4. The second-order valence-electron chi connectivity index (χ2n) is 36.4. The van der Waals surface area contributed by atoms with Gasteiger partial charge in [0.25, 0.3) is 0 Å². The van der Waals surface area contributed by atoms with Crippen LogP contribution >= 0.6 is 0 Å². The van der Waals surface area contributed by atoms with Gasteiger partial charge in [-0.1, -0.05) is 10.4 Å². The molecule has 808 valence electrons. The average Bonchev–Trinajstić information content (AvgIpc) is 0.848. The molecule has 34 N–H and O–H groups in total. The van der Waals surface area contributed by atoms with E-state index < -0.39 is 448 Å². The summed E-state index contributed by atoms with van der Waals surface area (Å²) in [7, 11) is 0. The van der Waals surface area contributed by atoms with Crippen LogP contribution in [0.1, 0.15) is 11.4 Å². The Balaban J connectivity index is 0.662. The summed E-state index contributed by atoms with van der Waals surface area (Å²) in [5.74, 6) is 0. The van der Waals surface area contributed by atoms with E-state index in [1.54, 1.807) is 0 Å². The van der Waals surface area contributed by atoms with Gasteiger partial charge < -0.3 is 287 Å². The molecule has 141 heavy (non-hydrogen) atoms. The maximum Gasteiger partial charge on any atom is 0.187 e. The smallest absolute Gasteiger partial charge is 0.187 e. The minimum Gasteiger partial charge on any atom is -0.394 e. The Hall–Kier alpha value is -4.04. The van der Waals surface area contributed by atoms with Gasteiger partial charge in [-0.05, 0) is 0 Å². The van der Waals surface area contributed by atoms with Gasteiger partial charge in [-0.3, -0.25) is 0 Å². The molecule has 0 aliphatic carbocycles. The molecule has 64 nitrogen and oxygen atoms in total. The molecule has 0 aromatic carbocycles. The molecular weight excluding hydrogens is 1940 g/mol. The molecule has 24 bridgehead atoms. The van der Waals surface area contributed by atoms with Crippen LogP contribution in [0.2, 0.25) is 0 Å². The lowest BCUT2D eigenvalue weighted by Gasteiger charge is -2.50. The van der Waals surface area contributed by atoms with Crippen molar-refractivity contribution in [3.63, 3.8) is 0 Å². The summed E-state index contributed by atoms with van der Waals surface area (Å²) >= 11 is 0. The zero-order valence-electron chi connectivity index (χ0n) is 73.7. The number of hydrogen-bond acceptors (Lipinski definition) is 62. The van der Waals surface area contributed by atoms with Gasteiger partial charge in [-0.25, -0.2) is 9.36 Å². The topological polar surface area (TPSA) is 971 Å². The molecule has 0 amide bonds. The fourth-order valence-electron chi connectivity index (χ4n) is 19.4. The first-order valence-corrected chi connectivity index (χ1v) is 45.3. The maximum absolute atomic E-state index is 12.3. The SMILES string of the molecule is OCC1OC2OC3C(CO)OC(OC4C(CO)OC(OC5C(Cn6cc(Cc7cn(CC8OC9OC%10C(CO)OC(OC%11C(CO)OC(OC%12C(CO)OC(OC%13C(CO)OC(OC%14C(CO)OC(OC8C(O)C9O)C(O)C%14O)C(O)C%13O)C(O)C%12O)C(O)C%11O)C(O)C%10O)nn7)nn6)OC(OC6C(CO)OC(OC7C(CO)OC(OC1C(O)C2O)C(O)C7O)C(O)C6O)C(O)C5O)C(O)C4O)C(O)C3O. The van der Waals surface area contributed by atoms with Crippen molar-refractivity contribution in [2.45, 2.75) is 388 Å². The van der Waals surface area contributed by atoms with Crippen LogP contribution in [-0.4, -0.2) is 638 Å². The summed E-state index contributed by atoms with van der Waals surface area (Å²) in [4.78, 5) is 0. The lowest BCUT2D eigenvalue weighted by Crippen LogP contribution is -2.69. The van der Waals surface area contributed by atoms with Gasteiger partial charge in [0, 0.05) is 18.8 Å². The highest BCUT2D eigenvalue weighted by Crippen LogP contribution is 2.44. The largest absolute Gasteiger partial charge is 0.394 e. The van der Waals surface area contributed by atoms with E-state index in [1.807, 2.05) is 0 Å². The van der Waals surface area contributed by atoms with E-state index >= 15 is 0 Å². The highest BCUT2D eigenvalue weighted by atomic mass is 16.8. The Bertz CT molecular complexity index is 3940. The maximum atomic E-state index is 12.3. The van der Waals surface area contributed by atoms with Crippen molar-refractivity contribution < 1.29 is 287 Å². The van der Waals surface area contributed by atoms with Crippen molar-refractivity contribution >= 4 is 0 Å². The first-order chi connectivity index (χ1) is 67.3. The molecule has 0 spiro atoms. The molecule has 2 aromatic rings. The van der Waals surface area contributed by atoms with Gasteiger partial charge in [0.2, 0.25) is 0 Å². The third-order valence-corrected chi connectivity index (χ3v) is 27.3. The molecular formula is C77H122N6O58. The van der Waals surface area contributed by atoms with Crippen molar-refractivity contribution in [2.24, 2.45) is 0 Å². The first kappa shape index (κ1) is 110. The van der Waals surface area contributed by atoms with Crippen LogP contribution in [0.25, 0.3) is 0 Å². The summed E-state index contributed by atoms with van der Waals surface area (Å²) < 4.78 is 143. The second kappa shape index (κ2) is 46.4. The Morgan fingerprint density at radius 2 is 0.277 bits per heavy atom. The van der Waals surface area contributed by atoms with Gasteiger partial charge >= 0.3 is 0 Å². The third-order valence-electron chi connectivity index (χ3n) is 27.3. The van der Waals surface area contributed by atoms with Crippen LogP contribution in [-0.2, 0) is 133 Å². The zero-order valence-corrected chi connectivity index (χ0v) is 73.7. The molecule has 2 aromatic heterocycles. The lowest BCUT2D eigenvalue weighted by atomic mass is 9.94. The molecule has 46 heterocycles. The Kier molecular flexibility index (Phi) is 36.1. The number of rotatable bonds is 16. The fourth-order valence-corrected chi connectivity index (χ4v) is 19.4. The number of aromatic nitrogens is 6. The van der Waals surface area contributed by atoms with Crippen molar-refractivity contribution in [3.8, 4) is 0 Å². The highest BCUT2D eigenvalue weighted by Gasteiger charge is 2.64. The monoisotopic (exact) mass is 2060 g/mol. The molecule has 44 fully saturated rings. The highest BCUT2D eigenvalue weighted by molar-refractivity contribution is 5.10. The summed E-state index contributed by atoms with van der Waals surface area (Å²) in [6.07, 6.45) is -125. The third kappa shape index (κ3) is 21.9. The number of aliphatic hydroxyl groups excluding tert-OH is 34. The first-order valence-electron chi connectivity index (χ1n) is 45.3. The minimum absolute atomic E-state index is 0.0183. The zero-order chi connectivity index (χ0) is 101. The summed E-state index contributed by atoms with van der Waals surface area (Å²) in [6.45, 7) is -12.6. The van der Waals surface area contributed by atoms with E-state index in [9.17, 15) is 174 Å². The predicted octanol–water partition coefficient (Wildman–Crippen LogP) is -25.6. The average molecular weight is 2060 g/mol. The number of nitrogens with zero attached hydrogens (tertiary/aromatic N) is 6. The molecule has 44 aliphatic rings. The van der Waals surface area contributed by atoms with E-state index in [-0.39, 0.29) is 17.8 Å². The number of aliphatic hydroxyl groups is 34. The molecule has 44 saturated heterocycles. The molecule has 60 atom stereocenters. The van der Waals surface area contributed by atoms with Gasteiger partial charge in [-0.15, -0.1) is 10.2 Å². The van der Waals surface area contributed by atoms with Crippen LogP contribution < -0.4 is 0 Å². The molecule has 0 radical (unpaired) electrons. The van der Waals surface area contributed by atoms with Crippen molar-refractivity contribution in [1.82, 2.24) is 30.0 Å². The fraction of sp³-hybridized carbons (Fsp3) is 0.948. The minimum atomic E-state index is -2.38. The molecule has 60 unspecified atom stereocenters. The standard InChI is InChI=1S/C77H122N6O58/c84-6-20-56-34(98)46(110)70(122-20)136-60-24(10-88)126-74(50(114)38(60)102)140-64-28(14-92)128-76(52(116)40(64)104)138-62-26(12-90)124-72(48(112)36(62)100)134-58-22(8-86)120-68(44(108)32(58)96)130-54-18(118-66(132-56)42(106)30(54)94)4-82-2-16(78-80-82)1-17-3-83(81-79-17)5-19-55-31(95)43(107)67(119-19)133-57-21(7-85)123-71(47(111)35(57)99)137-61-25(11-89)127-75(51(115)39(61)103)141-65-29(15-93)129-77(53(117)41(65)105)139-63-27(13-91)125-73(49(113)37(63)101)135-59-23(9-87)121-69(131-55)45(109)33(59)97/h2-3,18-77,84-117H,1,4-15H2. The van der Waals surface area contributed by atoms with E-state index in [0.29, 0.717) is 0 Å². The van der Waals surface area contributed by atoms with Crippen molar-refractivity contribution in [3.05, 3.63) is 23.8 Å². The van der Waals surface area contributed by atoms with Gasteiger partial charge in [0.15, 0.2) is 75.5 Å². The van der Waals surface area contributed by atoms with E-state index in [0.717, 1.165) is 9.36 Å². The molecule has 44 aliphatic heterocycles. The van der Waals surface area contributed by atoms with Crippen LogP contribution in [0.5, 0.6) is 0 Å². The lowest BCUT2D eigenvalue weighted by molar-refractivity contribution is -0.403. The molecule has 46 rings (SSSR count). The van der Waals surface area contributed by atoms with Crippen molar-refractivity contribution in [2.75, 3.05) is 66.1 Å². The quantitative estimate of drug-likeness (QED) is 0.0742. The van der Waals surface area contributed by atoms with Gasteiger partial charge in [0.05, 0.1) is 90.5 Å². The van der Waals surface area contributed by atoms with Gasteiger partial charge in [0.1, 0.15) is 293 Å². The van der Waals surface area contributed by atoms with E-state index in [4.69, 9.17) is 114 Å². The number of hydrogen-bond donors (Lipinski definition) is 34. The van der Waals surface area contributed by atoms with Gasteiger partial charge in [-0.2, -0.15) is 0 Å². The van der Waals surface area contributed by atoms with E-state index in [1.165, 1.54) is 12.4 Å². The summed E-state index contributed by atoms with van der Waals surface area (Å²) in [5.41, 5.74) is -0.0367. The predicted molar refractivity (Wildman–Crippen MR) is 420 cm³/mol. The molecule has 0 saturated carbocycles. The van der Waals surface area contributed by atoms with Crippen LogP contribution in [0.4, 0.5) is 0 Å². The normalized spacial score (nSPS) is 52.7.